The Bertz CT molecular complexity index is 1750. The minimum atomic E-state index is -2.06. The first-order valence-corrected chi connectivity index (χ1v) is 17.6. The van der Waals surface area contributed by atoms with Crippen molar-refractivity contribution in [2.75, 3.05) is 0 Å². The highest BCUT2D eigenvalue weighted by Crippen LogP contribution is 2.13. The summed E-state index contributed by atoms with van der Waals surface area (Å²) in [6.45, 7) is 2.21. The second kappa shape index (κ2) is 22.0. The number of carbonyl (C=O) groups is 11. The van der Waals surface area contributed by atoms with Crippen molar-refractivity contribution in [1.29, 1.82) is 0 Å². The smallest absolute Gasteiger partial charge is 0.305 e. The van der Waals surface area contributed by atoms with E-state index in [4.69, 9.17) is 5.73 Å². The Kier molecular flexibility index (Phi) is 18.0. The van der Waals surface area contributed by atoms with Crippen molar-refractivity contribution in [2.24, 2.45) is 5.73 Å². The quantitative estimate of drug-likeness (QED) is 0.0884. The predicted octanol–water partition coefficient (Wildman–Crippen LogP) is -5.18. The van der Waals surface area contributed by atoms with Gasteiger partial charge < -0.3 is 68.5 Å². The van der Waals surface area contributed by atoms with Crippen LogP contribution in [0.25, 0.3) is 0 Å². The molecular formula is C34H46N8O16. The van der Waals surface area contributed by atoms with Gasteiger partial charge in [0.1, 0.15) is 48.0 Å². The minimum Gasteiger partial charge on any atom is -0.508 e. The van der Waals surface area contributed by atoms with Gasteiger partial charge in [-0.1, -0.05) is 12.1 Å². The van der Waals surface area contributed by atoms with Crippen LogP contribution in [0.3, 0.4) is 0 Å². The van der Waals surface area contributed by atoms with Gasteiger partial charge in [-0.3, -0.25) is 52.7 Å². The average Bonchev–Trinajstić information content (AvgIpc) is 3.12. The summed E-state index contributed by atoms with van der Waals surface area (Å²) in [6, 6.07) is -7.46. The van der Waals surface area contributed by atoms with E-state index in [1.54, 1.807) is 0 Å². The van der Waals surface area contributed by atoms with Gasteiger partial charge in [0.25, 0.3) is 0 Å². The third-order valence-electron chi connectivity index (χ3n) is 8.43. The van der Waals surface area contributed by atoms with Crippen LogP contribution in [0.15, 0.2) is 24.3 Å². The van der Waals surface area contributed by atoms with Crippen molar-refractivity contribution in [2.45, 2.75) is 107 Å². The maximum Gasteiger partial charge on any atom is 0.305 e. The zero-order valence-electron chi connectivity index (χ0n) is 31.2. The molecule has 2 rings (SSSR count). The molecule has 0 spiro atoms. The number of rotatable bonds is 13. The van der Waals surface area contributed by atoms with Crippen LogP contribution < -0.4 is 43.0 Å². The maximum atomic E-state index is 13.8. The second-order valence-corrected chi connectivity index (χ2v) is 13.3. The van der Waals surface area contributed by atoms with Crippen molar-refractivity contribution in [3.63, 3.8) is 0 Å². The highest BCUT2D eigenvalue weighted by atomic mass is 16.4. The van der Waals surface area contributed by atoms with Crippen molar-refractivity contribution in [1.82, 2.24) is 37.2 Å². The zero-order chi connectivity index (χ0) is 43.9. The van der Waals surface area contributed by atoms with Gasteiger partial charge in [-0.25, -0.2) is 0 Å². The summed E-state index contributed by atoms with van der Waals surface area (Å²) < 4.78 is 0. The van der Waals surface area contributed by atoms with Crippen LogP contribution in [-0.4, -0.2) is 139 Å². The molecule has 0 radical (unpaired) electrons. The van der Waals surface area contributed by atoms with E-state index in [1.165, 1.54) is 24.3 Å². The number of phenolic OH excluding ortho intramolecular Hbond substituents is 1. The minimum absolute atomic E-state index is 0.162. The molecule has 8 amide bonds. The first kappa shape index (κ1) is 47.3. The molecule has 0 unspecified atom stereocenters. The lowest BCUT2D eigenvalue weighted by Crippen LogP contribution is -2.61. The van der Waals surface area contributed by atoms with Crippen molar-refractivity contribution in [3.8, 4) is 5.75 Å². The molecule has 0 aromatic heterocycles. The highest BCUT2D eigenvalue weighted by molar-refractivity contribution is 6.00. The van der Waals surface area contributed by atoms with Gasteiger partial charge in [-0.2, -0.15) is 0 Å². The molecule has 1 aliphatic heterocycles. The molecule has 58 heavy (non-hydrogen) atoms. The normalized spacial score (nSPS) is 24.8. The highest BCUT2D eigenvalue weighted by Gasteiger charge is 2.37. The molecule has 8 atom stereocenters. The van der Waals surface area contributed by atoms with E-state index in [-0.39, 0.29) is 12.2 Å². The molecule has 1 aliphatic rings. The summed E-state index contributed by atoms with van der Waals surface area (Å²) >= 11 is 0. The largest absolute Gasteiger partial charge is 0.508 e. The number of primary amides is 1. The number of carboxylic acid groups (broad SMARTS) is 3. The van der Waals surface area contributed by atoms with Crippen molar-refractivity contribution < 1.29 is 78.3 Å². The first-order chi connectivity index (χ1) is 27.1. The molecule has 0 saturated carbocycles. The van der Waals surface area contributed by atoms with E-state index in [1.807, 2.05) is 10.6 Å². The van der Waals surface area contributed by atoms with Crippen LogP contribution in [0.1, 0.15) is 57.9 Å². The van der Waals surface area contributed by atoms with Crippen molar-refractivity contribution in [3.05, 3.63) is 29.8 Å². The predicted molar refractivity (Wildman–Crippen MR) is 192 cm³/mol. The number of aliphatic carboxylic acids is 3. The van der Waals surface area contributed by atoms with Gasteiger partial charge >= 0.3 is 17.9 Å². The lowest BCUT2D eigenvalue weighted by molar-refractivity contribution is -0.142. The first-order valence-electron chi connectivity index (χ1n) is 17.6. The molecule has 1 aromatic rings. The number of carbonyl (C=O) groups excluding carboxylic acids is 8. The Balaban J connectivity index is 2.74. The van der Waals surface area contributed by atoms with E-state index >= 15 is 0 Å². The number of nitrogens with one attached hydrogen (secondary N) is 7. The number of nitrogens with two attached hydrogens (primary N) is 1. The number of amides is 8. The molecule has 24 heteroatoms. The molecule has 1 heterocycles. The lowest BCUT2D eigenvalue weighted by Gasteiger charge is -2.27. The molecule has 0 bridgehead atoms. The summed E-state index contributed by atoms with van der Waals surface area (Å²) in [4.78, 5) is 141. The summed E-state index contributed by atoms with van der Waals surface area (Å²) in [7, 11) is 0. The number of carboxylic acids is 3. The number of hydrogen-bond donors (Lipinski definition) is 13. The number of aliphatic hydroxyl groups is 1. The molecular weight excluding hydrogens is 776 g/mol. The van der Waals surface area contributed by atoms with Gasteiger partial charge in [0.15, 0.2) is 0 Å². The van der Waals surface area contributed by atoms with Crippen LogP contribution in [0.5, 0.6) is 5.75 Å². The third kappa shape index (κ3) is 15.7. The molecule has 1 fully saturated rings. The third-order valence-corrected chi connectivity index (χ3v) is 8.43. The van der Waals surface area contributed by atoms with Crippen LogP contribution in [0.4, 0.5) is 0 Å². The van der Waals surface area contributed by atoms with Crippen LogP contribution in [0.2, 0.25) is 0 Å². The number of phenols is 1. The Hall–Kier alpha value is -6.85. The van der Waals surface area contributed by atoms with Gasteiger partial charge in [0.2, 0.25) is 47.3 Å². The molecule has 24 nitrogen and oxygen atoms in total. The molecule has 14 N–H and O–H groups in total. The zero-order valence-corrected chi connectivity index (χ0v) is 31.2. The average molecular weight is 823 g/mol. The lowest BCUT2D eigenvalue weighted by atomic mass is 10.0. The topological polar surface area (TPSA) is 399 Å². The second-order valence-electron chi connectivity index (χ2n) is 13.3. The maximum absolute atomic E-state index is 13.8. The Labute approximate surface area is 329 Å². The van der Waals surface area contributed by atoms with Gasteiger partial charge in [-0.05, 0) is 44.4 Å². The van der Waals surface area contributed by atoms with E-state index in [9.17, 15) is 78.3 Å². The van der Waals surface area contributed by atoms with Crippen molar-refractivity contribution >= 4 is 65.2 Å². The summed E-state index contributed by atoms with van der Waals surface area (Å²) in [5.41, 5.74) is 5.59. The fourth-order valence-electron chi connectivity index (χ4n) is 5.36. The van der Waals surface area contributed by atoms with Gasteiger partial charge in [0.05, 0.1) is 18.9 Å². The van der Waals surface area contributed by atoms with E-state index in [0.29, 0.717) is 5.56 Å². The summed E-state index contributed by atoms with van der Waals surface area (Å²) in [6.07, 6.45) is -6.96. The number of aliphatic hydroxyl groups excluding tert-OH is 1. The number of hydrogen-bond acceptors (Lipinski definition) is 13. The fraction of sp³-hybridized carbons (Fsp3) is 0.500. The van der Waals surface area contributed by atoms with E-state index in [0.717, 1.165) is 13.8 Å². The summed E-state index contributed by atoms with van der Waals surface area (Å²) in [5, 5.41) is 63.6. The monoisotopic (exact) mass is 822 g/mol. The van der Waals surface area contributed by atoms with E-state index in [2.05, 4.69) is 26.6 Å². The standard InChI is InChI=1S/C34H46N8O16/c1-14-28(52)37-18(7-9-24(46)47)29(53)41-22(13-26(50)51)32(56)40-21(12-23(35)45)31(55)38-19(8-10-25(48)49)30(54)39-20(11-16-3-5-17(44)6-4-16)33(57)42-27(15(2)43)34(58)36-14/h3-6,14-15,18-22,27,43-44H,7-13H2,1-2H3,(H2,35,45)(H,36,58)(H,37,52)(H,38,55)(H,39,54)(H,40,56)(H,41,53)(H,42,57)(H,46,47)(H,48,49)(H,50,51)/t14-,15+,18-,19-,20-,21-,22-,27-/m0/s1. The number of aromatic hydroxyl groups is 1. The van der Waals surface area contributed by atoms with Crippen LogP contribution >= 0.6 is 0 Å². The van der Waals surface area contributed by atoms with Gasteiger partial charge in [0, 0.05) is 19.3 Å². The Morgan fingerprint density at radius 2 is 1.00 bits per heavy atom. The SMILES string of the molecule is C[C@@H]1NC(=O)[C@H]([C@@H](C)O)NC(=O)[C@H](Cc2ccc(O)cc2)NC(=O)[C@H](CCC(=O)O)NC(=O)[C@H](CC(N)=O)NC(=O)[C@H](CC(=O)O)NC(=O)[C@H](CCC(=O)O)NC1=O. The molecule has 318 valence electrons. The molecule has 1 saturated heterocycles. The summed E-state index contributed by atoms with van der Waals surface area (Å²) in [5.74, 6) is -14.6. The van der Waals surface area contributed by atoms with Crippen LogP contribution in [-0.2, 0) is 59.2 Å². The number of benzene rings is 1. The van der Waals surface area contributed by atoms with E-state index < -0.39 is 152 Å². The molecule has 0 aliphatic carbocycles. The molecule has 1 aromatic carbocycles. The Morgan fingerprint density at radius 1 is 0.586 bits per heavy atom. The fourth-order valence-corrected chi connectivity index (χ4v) is 5.36. The van der Waals surface area contributed by atoms with Crippen LogP contribution in [0, 0.1) is 0 Å². The Morgan fingerprint density at radius 3 is 1.45 bits per heavy atom. The van der Waals surface area contributed by atoms with Gasteiger partial charge in [-0.15, -0.1) is 0 Å².